The number of carbonyl (C=O) groups excluding carboxylic acids is 3. The summed E-state index contributed by atoms with van der Waals surface area (Å²) in [6.07, 6.45) is 3.34. The molecule has 3 heterocycles. The van der Waals surface area contributed by atoms with E-state index in [2.05, 4.69) is 15.2 Å². The zero-order valence-corrected chi connectivity index (χ0v) is 28.1. The second-order valence-electron chi connectivity index (χ2n) is 11.3. The number of hydrogen-bond donors (Lipinski definition) is 1. The molecule has 252 valence electrons. The lowest BCUT2D eigenvalue weighted by atomic mass is 10.1. The summed E-state index contributed by atoms with van der Waals surface area (Å²) in [5.74, 6) is 0.179. The third-order valence-corrected chi connectivity index (χ3v) is 10.0. The third kappa shape index (κ3) is 9.73. The van der Waals surface area contributed by atoms with Gasteiger partial charge < -0.3 is 33.8 Å². The SMILES string of the molecule is CCCCOC(=O)N1CCN(C(=O)[C@H](CCP(=O)(OCC)OCC)NC(=O)c2cc(N3CCCC3)nc(-c3ccccc3)n2)CC1. The van der Waals surface area contributed by atoms with Gasteiger partial charge in [-0.05, 0) is 39.5 Å². The Labute approximate surface area is 271 Å². The maximum Gasteiger partial charge on any atom is 0.409 e. The van der Waals surface area contributed by atoms with Crippen LogP contribution >= 0.6 is 7.60 Å². The fourth-order valence-electron chi connectivity index (χ4n) is 5.44. The lowest BCUT2D eigenvalue weighted by molar-refractivity contribution is -0.134. The summed E-state index contributed by atoms with van der Waals surface area (Å²) < 4.78 is 29.6. The maximum atomic E-state index is 13.9. The average Bonchev–Trinajstić information content (AvgIpc) is 3.62. The van der Waals surface area contributed by atoms with Crippen LogP contribution in [-0.4, -0.2) is 109 Å². The van der Waals surface area contributed by atoms with Gasteiger partial charge >= 0.3 is 13.7 Å². The smallest absolute Gasteiger partial charge is 0.409 e. The van der Waals surface area contributed by atoms with Crippen LogP contribution in [0, 0.1) is 0 Å². The molecule has 0 aliphatic carbocycles. The van der Waals surface area contributed by atoms with Crippen LogP contribution in [0.3, 0.4) is 0 Å². The number of amides is 3. The highest BCUT2D eigenvalue weighted by atomic mass is 31.2. The number of rotatable bonds is 15. The van der Waals surface area contributed by atoms with E-state index in [1.807, 2.05) is 37.3 Å². The Morgan fingerprint density at radius 2 is 1.57 bits per heavy atom. The lowest BCUT2D eigenvalue weighted by Crippen LogP contribution is -2.56. The first-order chi connectivity index (χ1) is 22.3. The summed E-state index contributed by atoms with van der Waals surface area (Å²) in [5.41, 5.74) is 0.900. The molecule has 2 fully saturated rings. The topological polar surface area (TPSA) is 144 Å². The summed E-state index contributed by atoms with van der Waals surface area (Å²) >= 11 is 0. The fourth-order valence-corrected chi connectivity index (χ4v) is 7.13. The molecule has 14 heteroatoms. The van der Waals surface area contributed by atoms with E-state index in [4.69, 9.17) is 18.8 Å². The molecule has 1 N–H and O–H groups in total. The number of carbonyl (C=O) groups is 3. The van der Waals surface area contributed by atoms with E-state index in [0.29, 0.717) is 31.3 Å². The van der Waals surface area contributed by atoms with Gasteiger partial charge in [0.05, 0.1) is 26.0 Å². The first-order valence-electron chi connectivity index (χ1n) is 16.4. The largest absolute Gasteiger partial charge is 0.449 e. The van der Waals surface area contributed by atoms with Crippen molar-refractivity contribution in [1.29, 1.82) is 0 Å². The van der Waals surface area contributed by atoms with E-state index < -0.39 is 25.6 Å². The predicted octanol–water partition coefficient (Wildman–Crippen LogP) is 4.58. The molecule has 0 saturated carbocycles. The Morgan fingerprint density at radius 3 is 2.20 bits per heavy atom. The van der Waals surface area contributed by atoms with Gasteiger partial charge in [-0.3, -0.25) is 14.2 Å². The monoisotopic (exact) mass is 658 g/mol. The number of ether oxygens (including phenoxy) is 1. The highest BCUT2D eigenvalue weighted by Gasteiger charge is 2.34. The molecule has 1 atom stereocenters. The van der Waals surface area contributed by atoms with Crippen molar-refractivity contribution >= 4 is 31.3 Å². The minimum Gasteiger partial charge on any atom is -0.449 e. The Hall–Kier alpha value is -3.54. The van der Waals surface area contributed by atoms with Crippen LogP contribution in [0.15, 0.2) is 36.4 Å². The van der Waals surface area contributed by atoms with Crippen molar-refractivity contribution in [2.45, 2.75) is 58.9 Å². The molecule has 2 saturated heterocycles. The van der Waals surface area contributed by atoms with Crippen LogP contribution in [0.2, 0.25) is 0 Å². The molecule has 1 aromatic heterocycles. The van der Waals surface area contributed by atoms with Crippen LogP contribution in [0.1, 0.15) is 63.4 Å². The van der Waals surface area contributed by atoms with Crippen LogP contribution in [0.4, 0.5) is 10.6 Å². The zero-order valence-electron chi connectivity index (χ0n) is 27.2. The van der Waals surface area contributed by atoms with E-state index in [0.717, 1.165) is 44.3 Å². The molecule has 4 rings (SSSR count). The van der Waals surface area contributed by atoms with E-state index in [-0.39, 0.29) is 50.5 Å². The summed E-state index contributed by atoms with van der Waals surface area (Å²) in [4.78, 5) is 54.9. The molecule has 0 bridgehead atoms. The molecule has 0 radical (unpaired) electrons. The fraction of sp³-hybridized carbons (Fsp3) is 0.594. The van der Waals surface area contributed by atoms with Gasteiger partial charge in [0.1, 0.15) is 17.6 Å². The number of hydrogen-bond acceptors (Lipinski definition) is 10. The van der Waals surface area contributed by atoms with Crippen molar-refractivity contribution in [2.75, 3.05) is 70.2 Å². The summed E-state index contributed by atoms with van der Waals surface area (Å²) in [7, 11) is -3.50. The molecular weight excluding hydrogens is 611 g/mol. The quantitative estimate of drug-likeness (QED) is 0.213. The number of anilines is 1. The zero-order chi connectivity index (χ0) is 32.9. The minimum absolute atomic E-state index is 0.0245. The van der Waals surface area contributed by atoms with Crippen LogP contribution in [0.5, 0.6) is 0 Å². The second kappa shape index (κ2) is 17.4. The molecule has 13 nitrogen and oxygen atoms in total. The van der Waals surface area contributed by atoms with Gasteiger partial charge in [-0.2, -0.15) is 0 Å². The number of nitrogens with zero attached hydrogens (tertiary/aromatic N) is 5. The number of unbranched alkanes of at least 4 members (excludes halogenated alkanes) is 1. The molecule has 2 aromatic rings. The number of nitrogens with one attached hydrogen (secondary N) is 1. The predicted molar refractivity (Wildman–Crippen MR) is 175 cm³/mol. The normalized spacial score (nSPS) is 15.9. The highest BCUT2D eigenvalue weighted by molar-refractivity contribution is 7.53. The number of benzene rings is 1. The number of piperazine rings is 1. The first-order valence-corrected chi connectivity index (χ1v) is 18.1. The van der Waals surface area contributed by atoms with Gasteiger partial charge in [0.15, 0.2) is 5.82 Å². The summed E-state index contributed by atoms with van der Waals surface area (Å²) in [6, 6.07) is 10.1. The molecule has 2 aliphatic rings. The van der Waals surface area contributed by atoms with E-state index >= 15 is 0 Å². The average molecular weight is 659 g/mol. The van der Waals surface area contributed by atoms with Crippen molar-refractivity contribution in [1.82, 2.24) is 25.1 Å². The molecule has 0 unspecified atom stereocenters. The molecule has 3 amide bonds. The van der Waals surface area contributed by atoms with Gasteiger partial charge in [-0.1, -0.05) is 43.7 Å². The van der Waals surface area contributed by atoms with Crippen molar-refractivity contribution in [3.05, 3.63) is 42.1 Å². The lowest BCUT2D eigenvalue weighted by Gasteiger charge is -2.36. The molecule has 46 heavy (non-hydrogen) atoms. The Kier molecular flexibility index (Phi) is 13.4. The van der Waals surface area contributed by atoms with Gasteiger partial charge in [-0.15, -0.1) is 0 Å². The summed E-state index contributed by atoms with van der Waals surface area (Å²) in [5, 5.41) is 2.88. The van der Waals surface area contributed by atoms with Crippen LogP contribution in [-0.2, 0) is 23.1 Å². The van der Waals surface area contributed by atoms with Gasteiger partial charge in [0.2, 0.25) is 5.91 Å². The molecule has 1 aromatic carbocycles. The Bertz CT molecular complexity index is 1340. The Balaban J connectivity index is 1.54. The highest BCUT2D eigenvalue weighted by Crippen LogP contribution is 2.48. The van der Waals surface area contributed by atoms with Crippen molar-refractivity contribution in [2.24, 2.45) is 0 Å². The molecule has 0 spiro atoms. The summed E-state index contributed by atoms with van der Waals surface area (Å²) in [6.45, 7) is 9.00. The van der Waals surface area contributed by atoms with E-state index in [1.165, 1.54) is 0 Å². The van der Waals surface area contributed by atoms with Crippen LogP contribution in [0.25, 0.3) is 11.4 Å². The Morgan fingerprint density at radius 1 is 0.913 bits per heavy atom. The minimum atomic E-state index is -3.50. The van der Waals surface area contributed by atoms with Crippen molar-refractivity contribution < 1.29 is 32.7 Å². The van der Waals surface area contributed by atoms with E-state index in [1.54, 1.807) is 29.7 Å². The second-order valence-corrected chi connectivity index (χ2v) is 13.4. The first kappa shape index (κ1) is 35.3. The van der Waals surface area contributed by atoms with Crippen molar-refractivity contribution in [3.8, 4) is 11.4 Å². The molecule has 2 aliphatic heterocycles. The number of aromatic nitrogens is 2. The van der Waals surface area contributed by atoms with Crippen LogP contribution < -0.4 is 10.2 Å². The standard InChI is InChI=1S/C32H47N6O7P/c1-4-7-22-43-32(41)38-20-18-37(19-21-38)31(40)26(15-23-46(42,44-5-2)45-6-3)34-30(39)27-24-28(36-16-11-12-17-36)35-29(33-27)25-13-9-8-10-14-25/h8-10,13-14,24,26H,4-7,11-12,15-23H2,1-3H3,(H,34,39)/t26-/m0/s1. The van der Waals surface area contributed by atoms with Crippen molar-refractivity contribution in [3.63, 3.8) is 0 Å². The van der Waals surface area contributed by atoms with Gasteiger partial charge in [0, 0.05) is 50.9 Å². The third-order valence-electron chi connectivity index (χ3n) is 7.93. The van der Waals surface area contributed by atoms with Gasteiger partial charge in [0.25, 0.3) is 5.91 Å². The maximum absolute atomic E-state index is 13.9. The molecular formula is C32H47N6O7P. The van der Waals surface area contributed by atoms with E-state index in [9.17, 15) is 18.9 Å². The van der Waals surface area contributed by atoms with Gasteiger partial charge in [-0.25, -0.2) is 14.8 Å².